The predicted octanol–water partition coefficient (Wildman–Crippen LogP) is 2.06. The maximum absolute atomic E-state index is 13.3. The zero-order chi connectivity index (χ0) is 16.3. The van der Waals surface area contributed by atoms with E-state index in [1.807, 2.05) is 28.8 Å². The third-order valence-electron chi connectivity index (χ3n) is 3.66. The largest absolute Gasteiger partial charge is 0.383 e. The average molecular weight is 339 g/mol. The summed E-state index contributed by atoms with van der Waals surface area (Å²) in [5.41, 5.74) is 1.11. The summed E-state index contributed by atoms with van der Waals surface area (Å²) in [5.74, 6) is 0.772. The Kier molecular flexibility index (Phi) is 5.02. The lowest BCUT2D eigenvalue weighted by Gasteiger charge is -2.29. The van der Waals surface area contributed by atoms with Crippen LogP contribution in [0.2, 0.25) is 0 Å². The van der Waals surface area contributed by atoms with Crippen molar-refractivity contribution in [3.63, 3.8) is 0 Å². The van der Waals surface area contributed by atoms with Gasteiger partial charge in [-0.05, 0) is 26.0 Å². The molecule has 0 N–H and O–H groups in total. The number of morpholine rings is 1. The van der Waals surface area contributed by atoms with Crippen LogP contribution in [0.25, 0.3) is 5.65 Å². The van der Waals surface area contributed by atoms with Crippen LogP contribution in [0.3, 0.4) is 0 Å². The number of ether oxygens (including phenoxy) is 1. The molecular formula is C15H22N3O4P. The van der Waals surface area contributed by atoms with Crippen LogP contribution >= 0.6 is 7.60 Å². The van der Waals surface area contributed by atoms with Crippen LogP contribution in [-0.2, 0) is 18.3 Å². The van der Waals surface area contributed by atoms with Crippen molar-refractivity contribution >= 4 is 24.5 Å². The first kappa shape index (κ1) is 16.5. The van der Waals surface area contributed by atoms with Gasteiger partial charge in [0, 0.05) is 19.3 Å². The quantitative estimate of drug-likeness (QED) is 0.751. The molecule has 7 nitrogen and oxygen atoms in total. The van der Waals surface area contributed by atoms with Crippen molar-refractivity contribution < 1.29 is 18.3 Å². The molecule has 3 rings (SSSR count). The molecule has 2 aromatic heterocycles. The summed E-state index contributed by atoms with van der Waals surface area (Å²) < 4.78 is 31.7. The molecule has 23 heavy (non-hydrogen) atoms. The summed E-state index contributed by atoms with van der Waals surface area (Å²) in [6, 6.07) is 5.71. The summed E-state index contributed by atoms with van der Waals surface area (Å²) in [6.45, 7) is 6.90. The maximum atomic E-state index is 13.3. The number of fused-ring (bicyclic) bond motifs is 1. The van der Waals surface area contributed by atoms with Gasteiger partial charge in [0.2, 0.25) is 0 Å². The number of rotatable bonds is 6. The predicted molar refractivity (Wildman–Crippen MR) is 88.7 cm³/mol. The van der Waals surface area contributed by atoms with Gasteiger partial charge in [-0.25, -0.2) is 4.98 Å². The summed E-state index contributed by atoms with van der Waals surface area (Å²) in [6.07, 6.45) is 1.92. The van der Waals surface area contributed by atoms with Crippen LogP contribution in [0.5, 0.6) is 0 Å². The van der Waals surface area contributed by atoms with Crippen molar-refractivity contribution in [1.82, 2.24) is 9.38 Å². The lowest BCUT2D eigenvalue weighted by Crippen LogP contribution is -2.39. The Morgan fingerprint density at radius 2 is 1.91 bits per heavy atom. The van der Waals surface area contributed by atoms with E-state index in [1.165, 1.54) is 0 Å². The molecular weight excluding hydrogens is 317 g/mol. The van der Waals surface area contributed by atoms with E-state index in [0.717, 1.165) is 11.5 Å². The molecule has 0 atom stereocenters. The molecule has 8 heteroatoms. The van der Waals surface area contributed by atoms with Crippen molar-refractivity contribution in [1.29, 1.82) is 0 Å². The molecule has 0 saturated carbocycles. The van der Waals surface area contributed by atoms with Crippen molar-refractivity contribution in [3.05, 3.63) is 24.4 Å². The van der Waals surface area contributed by atoms with Crippen LogP contribution in [0.15, 0.2) is 24.4 Å². The van der Waals surface area contributed by atoms with Crippen molar-refractivity contribution in [3.8, 4) is 0 Å². The topological polar surface area (TPSA) is 65.3 Å². The molecule has 1 saturated heterocycles. The summed E-state index contributed by atoms with van der Waals surface area (Å²) in [5, 5.41) is 0. The van der Waals surface area contributed by atoms with Gasteiger partial charge in [-0.3, -0.25) is 8.97 Å². The van der Waals surface area contributed by atoms with Crippen molar-refractivity contribution in [2.45, 2.75) is 13.8 Å². The minimum atomic E-state index is -3.46. The molecule has 0 aromatic carbocycles. The second-order valence-corrected chi connectivity index (χ2v) is 7.06. The first-order chi connectivity index (χ1) is 11.2. The van der Waals surface area contributed by atoms with Gasteiger partial charge in [0.25, 0.3) is 0 Å². The highest BCUT2D eigenvalue weighted by Gasteiger charge is 2.36. The van der Waals surface area contributed by atoms with E-state index in [2.05, 4.69) is 9.88 Å². The monoisotopic (exact) mass is 339 g/mol. The SMILES string of the molecule is CCOP(=O)(OCC)c1nc2ccccn2c1N1CCOCC1. The molecule has 2 aromatic rings. The number of nitrogens with zero attached hydrogens (tertiary/aromatic N) is 3. The summed E-state index contributed by atoms with van der Waals surface area (Å²) in [4.78, 5) is 6.69. The molecule has 1 fully saturated rings. The third-order valence-corrected chi connectivity index (χ3v) is 5.67. The van der Waals surface area contributed by atoms with Crippen LogP contribution in [0, 0.1) is 0 Å². The van der Waals surface area contributed by atoms with E-state index in [4.69, 9.17) is 13.8 Å². The minimum Gasteiger partial charge on any atom is -0.378 e. The van der Waals surface area contributed by atoms with Crippen LogP contribution in [-0.4, -0.2) is 48.9 Å². The first-order valence-electron chi connectivity index (χ1n) is 7.89. The molecule has 126 valence electrons. The lowest BCUT2D eigenvalue weighted by molar-refractivity contribution is 0.122. The van der Waals surface area contributed by atoms with E-state index < -0.39 is 7.60 Å². The number of pyridine rings is 1. The smallest absolute Gasteiger partial charge is 0.378 e. The van der Waals surface area contributed by atoms with Gasteiger partial charge >= 0.3 is 7.60 Å². The molecule has 0 spiro atoms. The van der Waals surface area contributed by atoms with Crippen LogP contribution in [0.1, 0.15) is 13.8 Å². The molecule has 0 aliphatic carbocycles. The van der Waals surface area contributed by atoms with Gasteiger partial charge in [0.15, 0.2) is 5.44 Å². The summed E-state index contributed by atoms with van der Waals surface area (Å²) >= 11 is 0. The Balaban J connectivity index is 2.16. The number of anilines is 1. The fourth-order valence-electron chi connectivity index (χ4n) is 2.72. The zero-order valence-corrected chi connectivity index (χ0v) is 14.4. The molecule has 0 bridgehead atoms. The Morgan fingerprint density at radius 1 is 1.22 bits per heavy atom. The van der Waals surface area contributed by atoms with Gasteiger partial charge in [0.05, 0.1) is 26.4 Å². The maximum Gasteiger partial charge on any atom is 0.383 e. The normalized spacial score (nSPS) is 16.2. The highest BCUT2D eigenvalue weighted by atomic mass is 31.2. The highest BCUT2D eigenvalue weighted by molar-refractivity contribution is 7.62. The van der Waals surface area contributed by atoms with Gasteiger partial charge < -0.3 is 18.7 Å². The standard InChI is InChI=1S/C15H22N3O4P/c1-3-21-23(19,22-4-2)14-15(17-9-11-20-12-10-17)18-8-6-5-7-13(18)16-14/h5-8H,3-4,9-12H2,1-2H3. The Morgan fingerprint density at radius 3 is 2.57 bits per heavy atom. The minimum absolute atomic E-state index is 0.299. The van der Waals surface area contributed by atoms with Gasteiger partial charge in [-0.15, -0.1) is 0 Å². The number of aromatic nitrogens is 2. The first-order valence-corrected chi connectivity index (χ1v) is 9.43. The Bertz CT molecular complexity index is 702. The molecule has 1 aliphatic rings. The summed E-state index contributed by atoms with van der Waals surface area (Å²) in [7, 11) is -3.46. The Labute approximate surface area is 135 Å². The zero-order valence-electron chi connectivity index (χ0n) is 13.5. The van der Waals surface area contributed by atoms with Crippen LogP contribution in [0.4, 0.5) is 5.82 Å². The third kappa shape index (κ3) is 3.15. The fraction of sp³-hybridized carbons (Fsp3) is 0.533. The van der Waals surface area contributed by atoms with Crippen LogP contribution < -0.4 is 10.3 Å². The number of hydrogen-bond acceptors (Lipinski definition) is 6. The van der Waals surface area contributed by atoms with Gasteiger partial charge in [-0.1, -0.05) is 6.07 Å². The van der Waals surface area contributed by atoms with Crippen molar-refractivity contribution in [2.24, 2.45) is 0 Å². The molecule has 0 radical (unpaired) electrons. The fourth-order valence-corrected chi connectivity index (χ4v) is 4.44. The van der Waals surface area contributed by atoms with Gasteiger partial charge in [0.1, 0.15) is 11.5 Å². The van der Waals surface area contributed by atoms with E-state index in [1.54, 1.807) is 13.8 Å². The average Bonchev–Trinajstić information content (AvgIpc) is 2.96. The number of hydrogen-bond donors (Lipinski definition) is 0. The molecule has 0 amide bonds. The van der Waals surface area contributed by atoms with E-state index >= 15 is 0 Å². The molecule has 1 aliphatic heterocycles. The van der Waals surface area contributed by atoms with E-state index in [9.17, 15) is 4.57 Å². The van der Waals surface area contributed by atoms with Crippen molar-refractivity contribution in [2.75, 3.05) is 44.4 Å². The second kappa shape index (κ2) is 7.01. The van der Waals surface area contributed by atoms with E-state index in [0.29, 0.717) is 45.0 Å². The second-order valence-electron chi connectivity index (χ2n) is 5.12. The molecule has 3 heterocycles. The molecule has 0 unspecified atom stereocenters. The lowest BCUT2D eigenvalue weighted by atomic mass is 10.4. The van der Waals surface area contributed by atoms with Gasteiger partial charge in [-0.2, -0.15) is 0 Å². The Hall–Kier alpha value is -1.40. The highest BCUT2D eigenvalue weighted by Crippen LogP contribution is 2.49. The van der Waals surface area contributed by atoms with E-state index in [-0.39, 0.29) is 0 Å². The number of imidazole rings is 1.